The Balaban J connectivity index is 1.39. The number of fused-ring (bicyclic) bond motifs is 1. The van der Waals surface area contributed by atoms with Crippen LogP contribution in [0.25, 0.3) is 0 Å². The lowest BCUT2D eigenvalue weighted by atomic mass is 9.99. The number of aryl methyl sites for hydroxylation is 1. The molecule has 0 N–H and O–H groups in total. The van der Waals surface area contributed by atoms with Crippen LogP contribution in [0.15, 0.2) is 10.9 Å². The molecule has 0 aliphatic carbocycles. The zero-order chi connectivity index (χ0) is 18.8. The van der Waals surface area contributed by atoms with Crippen LogP contribution in [0.1, 0.15) is 62.9 Å². The summed E-state index contributed by atoms with van der Waals surface area (Å²) in [5.41, 5.74) is 0.986. The van der Waals surface area contributed by atoms with Crippen molar-refractivity contribution in [3.05, 3.63) is 27.9 Å². The molecule has 3 aliphatic heterocycles. The zero-order valence-electron chi connectivity index (χ0n) is 16.5. The average Bonchev–Trinajstić information content (AvgIpc) is 3.03. The van der Waals surface area contributed by atoms with E-state index >= 15 is 0 Å². The first-order valence-electron chi connectivity index (χ1n) is 10.7. The Morgan fingerprint density at radius 2 is 1.93 bits per heavy atom. The maximum absolute atomic E-state index is 12.7. The van der Waals surface area contributed by atoms with Gasteiger partial charge in [-0.25, -0.2) is 4.98 Å². The first kappa shape index (κ1) is 18.7. The van der Waals surface area contributed by atoms with Crippen LogP contribution >= 0.6 is 0 Å². The number of carbonyl (C=O) groups excluding carboxylic acids is 1. The van der Waals surface area contributed by atoms with Crippen molar-refractivity contribution in [3.63, 3.8) is 0 Å². The predicted octanol–water partition coefficient (Wildman–Crippen LogP) is 2.02. The van der Waals surface area contributed by atoms with E-state index in [-0.39, 0.29) is 17.4 Å². The van der Waals surface area contributed by atoms with Crippen LogP contribution < -0.4 is 5.56 Å². The Bertz CT molecular complexity index is 736. The number of piperidine rings is 1. The van der Waals surface area contributed by atoms with Crippen molar-refractivity contribution in [1.82, 2.24) is 19.4 Å². The molecule has 148 valence electrons. The molecule has 2 saturated heterocycles. The Morgan fingerprint density at radius 1 is 1.11 bits per heavy atom. The molecule has 1 aromatic heterocycles. The van der Waals surface area contributed by atoms with E-state index in [9.17, 15) is 9.59 Å². The quantitative estimate of drug-likeness (QED) is 0.814. The highest BCUT2D eigenvalue weighted by Crippen LogP contribution is 2.26. The van der Waals surface area contributed by atoms with Gasteiger partial charge in [0.05, 0.1) is 12.2 Å². The van der Waals surface area contributed by atoms with Gasteiger partial charge in [-0.15, -0.1) is 0 Å². The van der Waals surface area contributed by atoms with Crippen molar-refractivity contribution in [2.75, 3.05) is 32.7 Å². The molecule has 0 spiro atoms. The summed E-state index contributed by atoms with van der Waals surface area (Å²) in [7, 11) is 0. The first-order valence-corrected chi connectivity index (χ1v) is 10.7. The first-order chi connectivity index (χ1) is 13.1. The van der Waals surface area contributed by atoms with Gasteiger partial charge in [-0.05, 0) is 51.1 Å². The van der Waals surface area contributed by atoms with E-state index in [2.05, 4.69) is 11.8 Å². The lowest BCUT2D eigenvalue weighted by molar-refractivity contribution is -0.131. The standard InChI is InChI=1S/C21H32N4O2/c1-16-6-10-23(11-7-16)15-21(27)24-12-8-17(14-24)18-13-20(26)25-9-4-2-3-5-19(25)22-18/h13,16-17H,2-12,14-15H2,1H3. The van der Waals surface area contributed by atoms with Gasteiger partial charge in [0.15, 0.2) is 0 Å². The second kappa shape index (κ2) is 8.13. The van der Waals surface area contributed by atoms with Gasteiger partial charge in [-0.3, -0.25) is 19.1 Å². The van der Waals surface area contributed by atoms with E-state index in [1.54, 1.807) is 6.07 Å². The number of hydrogen-bond acceptors (Lipinski definition) is 4. The topological polar surface area (TPSA) is 58.4 Å². The van der Waals surface area contributed by atoms with Crippen LogP contribution in [0.3, 0.4) is 0 Å². The van der Waals surface area contributed by atoms with Crippen LogP contribution in [0.5, 0.6) is 0 Å². The maximum atomic E-state index is 12.7. The molecule has 6 nitrogen and oxygen atoms in total. The van der Waals surface area contributed by atoms with Gasteiger partial charge < -0.3 is 4.90 Å². The summed E-state index contributed by atoms with van der Waals surface area (Å²) in [5.74, 6) is 2.17. The summed E-state index contributed by atoms with van der Waals surface area (Å²) in [5, 5.41) is 0. The largest absolute Gasteiger partial charge is 0.341 e. The number of aromatic nitrogens is 2. The molecule has 1 amide bonds. The second-order valence-corrected chi connectivity index (χ2v) is 8.68. The molecule has 27 heavy (non-hydrogen) atoms. The average molecular weight is 373 g/mol. The number of nitrogens with zero attached hydrogens (tertiary/aromatic N) is 4. The molecule has 1 atom stereocenters. The van der Waals surface area contributed by atoms with Crippen molar-refractivity contribution >= 4 is 5.91 Å². The van der Waals surface area contributed by atoms with Crippen molar-refractivity contribution in [2.45, 2.75) is 64.3 Å². The minimum Gasteiger partial charge on any atom is -0.341 e. The number of carbonyl (C=O) groups is 1. The molecule has 1 unspecified atom stereocenters. The monoisotopic (exact) mass is 372 g/mol. The Kier molecular flexibility index (Phi) is 5.62. The van der Waals surface area contributed by atoms with E-state index in [0.717, 1.165) is 69.3 Å². The fourth-order valence-corrected chi connectivity index (χ4v) is 4.68. The van der Waals surface area contributed by atoms with Crippen molar-refractivity contribution < 1.29 is 4.79 Å². The van der Waals surface area contributed by atoms with Gasteiger partial charge >= 0.3 is 0 Å². The summed E-state index contributed by atoms with van der Waals surface area (Å²) in [6.07, 6.45) is 7.54. The lowest BCUT2D eigenvalue weighted by Gasteiger charge is -2.30. The Hall–Kier alpha value is -1.69. The molecule has 3 aliphatic rings. The third kappa shape index (κ3) is 4.26. The summed E-state index contributed by atoms with van der Waals surface area (Å²) < 4.78 is 1.85. The molecule has 0 aromatic carbocycles. The number of likely N-dealkylation sites (tertiary alicyclic amines) is 2. The van der Waals surface area contributed by atoms with Gasteiger partial charge in [0.25, 0.3) is 5.56 Å². The highest BCUT2D eigenvalue weighted by Gasteiger charge is 2.30. The molecule has 1 aromatic rings. The van der Waals surface area contributed by atoms with Crippen molar-refractivity contribution in [1.29, 1.82) is 0 Å². The smallest absolute Gasteiger partial charge is 0.253 e. The van der Waals surface area contributed by atoms with E-state index in [1.807, 2.05) is 9.47 Å². The summed E-state index contributed by atoms with van der Waals surface area (Å²) in [4.78, 5) is 34.4. The molecule has 6 heteroatoms. The molecule has 0 radical (unpaired) electrons. The van der Waals surface area contributed by atoms with Crippen molar-refractivity contribution in [2.24, 2.45) is 5.92 Å². The molecule has 4 heterocycles. The molecular formula is C21H32N4O2. The Labute approximate surface area is 161 Å². The number of amides is 1. The third-order valence-corrected chi connectivity index (χ3v) is 6.58. The highest BCUT2D eigenvalue weighted by molar-refractivity contribution is 5.78. The van der Waals surface area contributed by atoms with E-state index in [0.29, 0.717) is 13.1 Å². The predicted molar refractivity (Wildman–Crippen MR) is 105 cm³/mol. The maximum Gasteiger partial charge on any atom is 0.253 e. The van der Waals surface area contributed by atoms with Crippen LogP contribution in [0, 0.1) is 5.92 Å². The molecular weight excluding hydrogens is 340 g/mol. The van der Waals surface area contributed by atoms with Gasteiger partial charge in [-0.2, -0.15) is 0 Å². The minimum atomic E-state index is 0.0871. The lowest BCUT2D eigenvalue weighted by Crippen LogP contribution is -2.42. The van der Waals surface area contributed by atoms with Crippen LogP contribution in [-0.2, 0) is 17.8 Å². The number of hydrogen-bond donors (Lipinski definition) is 0. The van der Waals surface area contributed by atoms with E-state index < -0.39 is 0 Å². The minimum absolute atomic E-state index is 0.0871. The Morgan fingerprint density at radius 3 is 2.74 bits per heavy atom. The summed E-state index contributed by atoms with van der Waals surface area (Å²) in [6, 6.07) is 1.72. The summed E-state index contributed by atoms with van der Waals surface area (Å²) in [6.45, 7) is 7.19. The normalized spacial score (nSPS) is 24.6. The second-order valence-electron chi connectivity index (χ2n) is 8.68. The van der Waals surface area contributed by atoms with Crippen LogP contribution in [-0.4, -0.2) is 58.0 Å². The van der Waals surface area contributed by atoms with E-state index in [4.69, 9.17) is 4.98 Å². The van der Waals surface area contributed by atoms with Gasteiger partial charge in [0.1, 0.15) is 5.82 Å². The molecule has 0 saturated carbocycles. The molecule has 0 bridgehead atoms. The summed E-state index contributed by atoms with van der Waals surface area (Å²) >= 11 is 0. The fourth-order valence-electron chi connectivity index (χ4n) is 4.68. The third-order valence-electron chi connectivity index (χ3n) is 6.58. The zero-order valence-corrected chi connectivity index (χ0v) is 16.5. The van der Waals surface area contributed by atoms with Gasteiger partial charge in [0.2, 0.25) is 5.91 Å². The van der Waals surface area contributed by atoms with E-state index in [1.165, 1.54) is 19.3 Å². The fraction of sp³-hybridized carbons (Fsp3) is 0.762. The van der Waals surface area contributed by atoms with Gasteiger partial charge in [0, 0.05) is 38.0 Å². The molecule has 2 fully saturated rings. The molecule has 4 rings (SSSR count). The van der Waals surface area contributed by atoms with Crippen molar-refractivity contribution in [3.8, 4) is 0 Å². The van der Waals surface area contributed by atoms with Crippen LogP contribution in [0.4, 0.5) is 0 Å². The van der Waals surface area contributed by atoms with Crippen LogP contribution in [0.2, 0.25) is 0 Å². The van der Waals surface area contributed by atoms with Gasteiger partial charge in [-0.1, -0.05) is 13.3 Å². The highest BCUT2D eigenvalue weighted by atomic mass is 16.2. The SMILES string of the molecule is CC1CCN(CC(=O)N2CCC(c3cc(=O)n4c(n3)CCCCC4)C2)CC1. The number of rotatable bonds is 3.